The fourth-order valence-electron chi connectivity index (χ4n) is 3.31. The molecule has 0 atom stereocenters. The van der Waals surface area contributed by atoms with Crippen molar-refractivity contribution in [2.24, 2.45) is 0 Å². The Labute approximate surface area is 152 Å². The van der Waals surface area contributed by atoms with E-state index >= 15 is 0 Å². The van der Waals surface area contributed by atoms with Crippen LogP contribution in [0.25, 0.3) is 33.3 Å². The van der Waals surface area contributed by atoms with Gasteiger partial charge in [-0.2, -0.15) is 0 Å². The van der Waals surface area contributed by atoms with Crippen LogP contribution >= 0.6 is 0 Å². The number of pyridine rings is 1. The largest absolute Gasteiger partial charge is 0.420 e. The molecule has 5 rings (SSSR count). The molecule has 5 nitrogen and oxygen atoms in total. The lowest BCUT2D eigenvalue weighted by atomic mass is 10.1. The molecule has 0 saturated heterocycles. The summed E-state index contributed by atoms with van der Waals surface area (Å²) in [5.74, 6) is -0.797. The average molecular weight is 359 g/mol. The van der Waals surface area contributed by atoms with E-state index in [0.29, 0.717) is 16.7 Å². The lowest BCUT2D eigenvalue weighted by molar-refractivity contribution is 0.517. The summed E-state index contributed by atoms with van der Waals surface area (Å²) >= 11 is 0. The zero-order valence-electron chi connectivity index (χ0n) is 14.1. The van der Waals surface area contributed by atoms with Crippen molar-refractivity contribution >= 4 is 22.1 Å². The van der Waals surface area contributed by atoms with Gasteiger partial charge in [0.1, 0.15) is 11.5 Å². The molecule has 0 aliphatic carbocycles. The van der Waals surface area contributed by atoms with E-state index in [1.807, 2.05) is 36.5 Å². The summed E-state index contributed by atoms with van der Waals surface area (Å²) < 4.78 is 20.3. The van der Waals surface area contributed by atoms with E-state index in [-0.39, 0.29) is 12.4 Å². The second-order valence-electron chi connectivity index (χ2n) is 6.41. The number of oxazole rings is 1. The van der Waals surface area contributed by atoms with Crippen LogP contribution in [0.3, 0.4) is 0 Å². The average Bonchev–Trinajstić information content (AvgIpc) is 3.25. The Balaban J connectivity index is 1.58. The minimum atomic E-state index is -0.467. The van der Waals surface area contributed by atoms with Crippen LogP contribution in [0.5, 0.6) is 0 Å². The molecule has 0 aliphatic rings. The summed E-state index contributed by atoms with van der Waals surface area (Å²) in [7, 11) is 0. The Hall–Kier alpha value is -3.67. The minimum absolute atomic E-state index is 0.250. The second-order valence-corrected chi connectivity index (χ2v) is 6.41. The molecule has 0 fully saturated rings. The Morgan fingerprint density at radius 2 is 2.00 bits per heavy atom. The maximum atomic E-state index is 13.4. The fourth-order valence-corrected chi connectivity index (χ4v) is 3.31. The summed E-state index contributed by atoms with van der Waals surface area (Å²) in [5, 5.41) is 1.01. The Kier molecular flexibility index (Phi) is 3.43. The van der Waals surface area contributed by atoms with Crippen LogP contribution in [0.4, 0.5) is 4.39 Å². The number of halogens is 1. The van der Waals surface area contributed by atoms with E-state index in [2.05, 4.69) is 9.97 Å². The highest BCUT2D eigenvalue weighted by molar-refractivity contribution is 5.85. The third-order valence-corrected chi connectivity index (χ3v) is 4.63. The van der Waals surface area contributed by atoms with Gasteiger partial charge in [0.05, 0.1) is 12.1 Å². The normalized spacial score (nSPS) is 11.4. The Morgan fingerprint density at radius 3 is 2.89 bits per heavy atom. The van der Waals surface area contributed by atoms with Gasteiger partial charge in [-0.25, -0.2) is 14.2 Å². The third kappa shape index (κ3) is 2.71. The predicted molar refractivity (Wildman–Crippen MR) is 101 cm³/mol. The van der Waals surface area contributed by atoms with Gasteiger partial charge in [0.25, 0.3) is 0 Å². The van der Waals surface area contributed by atoms with Crippen molar-refractivity contribution < 1.29 is 8.81 Å². The number of fused-ring (bicyclic) bond motifs is 2. The van der Waals surface area contributed by atoms with Gasteiger partial charge in [-0.1, -0.05) is 18.2 Å². The highest BCUT2D eigenvalue weighted by Gasteiger charge is 2.12. The smallest absolute Gasteiger partial charge is 0.408 e. The summed E-state index contributed by atoms with van der Waals surface area (Å²) in [6, 6.07) is 15.8. The van der Waals surface area contributed by atoms with Gasteiger partial charge in [-0.15, -0.1) is 0 Å². The van der Waals surface area contributed by atoms with E-state index in [0.717, 1.165) is 22.2 Å². The second kappa shape index (κ2) is 5.95. The topological polar surface area (TPSA) is 63.8 Å². The molecule has 0 saturated carbocycles. The molecule has 2 aromatic carbocycles. The summed E-state index contributed by atoms with van der Waals surface area (Å²) in [5.41, 5.74) is 4.53. The maximum Gasteiger partial charge on any atom is 0.420 e. The standard InChI is InChI=1S/C21H14FN3O2/c22-17-3-1-2-13(8-17)12-25-18-5-4-14(10-19(18)27-21(25)26)16-9-15-6-7-23-20(15)24-11-16/h1-11H,12H2,(H,23,24). The first-order valence-corrected chi connectivity index (χ1v) is 8.49. The van der Waals surface area contributed by atoms with E-state index in [1.54, 1.807) is 18.3 Å². The maximum absolute atomic E-state index is 13.4. The van der Waals surface area contributed by atoms with Crippen LogP contribution < -0.4 is 5.76 Å². The van der Waals surface area contributed by atoms with Gasteiger partial charge in [0, 0.05) is 23.3 Å². The molecule has 6 heteroatoms. The molecule has 0 radical (unpaired) electrons. The van der Waals surface area contributed by atoms with Gasteiger partial charge in [-0.05, 0) is 47.5 Å². The first kappa shape index (κ1) is 15.6. The molecule has 0 spiro atoms. The van der Waals surface area contributed by atoms with E-state index in [9.17, 15) is 9.18 Å². The molecule has 27 heavy (non-hydrogen) atoms. The summed E-state index contributed by atoms with van der Waals surface area (Å²) in [6.07, 6.45) is 3.62. The highest BCUT2D eigenvalue weighted by atomic mass is 19.1. The first-order chi connectivity index (χ1) is 13.2. The van der Waals surface area contributed by atoms with Gasteiger partial charge >= 0.3 is 5.76 Å². The number of hydrogen-bond acceptors (Lipinski definition) is 3. The van der Waals surface area contributed by atoms with Crippen molar-refractivity contribution in [1.82, 2.24) is 14.5 Å². The Morgan fingerprint density at radius 1 is 1.07 bits per heavy atom. The SMILES string of the molecule is O=c1oc2cc(-c3cnc4[nH]ccc4c3)ccc2n1Cc1cccc(F)c1. The molecule has 0 aliphatic heterocycles. The van der Waals surface area contributed by atoms with E-state index in [1.165, 1.54) is 16.7 Å². The number of nitrogens with zero attached hydrogens (tertiary/aromatic N) is 2. The van der Waals surface area contributed by atoms with Crippen LogP contribution in [0.2, 0.25) is 0 Å². The van der Waals surface area contributed by atoms with Crippen LogP contribution in [0, 0.1) is 5.82 Å². The number of H-pyrrole nitrogens is 1. The molecule has 0 unspecified atom stereocenters. The van der Waals surface area contributed by atoms with Crippen LogP contribution in [-0.4, -0.2) is 14.5 Å². The van der Waals surface area contributed by atoms with Gasteiger partial charge in [-0.3, -0.25) is 4.57 Å². The number of hydrogen-bond donors (Lipinski definition) is 1. The van der Waals surface area contributed by atoms with Crippen LogP contribution in [0.15, 0.2) is 76.2 Å². The number of aromatic amines is 1. The van der Waals surface area contributed by atoms with E-state index in [4.69, 9.17) is 4.42 Å². The van der Waals surface area contributed by atoms with Crippen LogP contribution in [-0.2, 0) is 6.54 Å². The van der Waals surface area contributed by atoms with Gasteiger partial charge in [0.2, 0.25) is 0 Å². The van der Waals surface area contributed by atoms with Crippen molar-refractivity contribution in [3.05, 3.63) is 88.9 Å². The van der Waals surface area contributed by atoms with Gasteiger partial charge in [0.15, 0.2) is 5.58 Å². The quantitative estimate of drug-likeness (QED) is 0.522. The number of aromatic nitrogens is 3. The molecule has 0 bridgehead atoms. The number of nitrogens with one attached hydrogen (secondary N) is 1. The molecule has 132 valence electrons. The zero-order valence-corrected chi connectivity index (χ0v) is 14.1. The molecule has 3 heterocycles. The zero-order chi connectivity index (χ0) is 18.4. The lowest BCUT2D eigenvalue weighted by Gasteiger charge is -2.04. The monoisotopic (exact) mass is 359 g/mol. The van der Waals surface area contributed by atoms with Gasteiger partial charge < -0.3 is 9.40 Å². The summed E-state index contributed by atoms with van der Waals surface area (Å²) in [6.45, 7) is 0.250. The molecular weight excluding hydrogens is 345 g/mol. The first-order valence-electron chi connectivity index (χ1n) is 8.49. The number of rotatable bonds is 3. The number of benzene rings is 2. The van der Waals surface area contributed by atoms with Crippen molar-refractivity contribution in [3.63, 3.8) is 0 Å². The lowest BCUT2D eigenvalue weighted by Crippen LogP contribution is -2.14. The molecule has 0 amide bonds. The van der Waals surface area contributed by atoms with Crippen molar-refractivity contribution in [1.29, 1.82) is 0 Å². The Bertz CT molecular complexity index is 1350. The predicted octanol–water partition coefficient (Wildman–Crippen LogP) is 4.33. The highest BCUT2D eigenvalue weighted by Crippen LogP contribution is 2.26. The fraction of sp³-hybridized carbons (Fsp3) is 0.0476. The molecule has 1 N–H and O–H groups in total. The third-order valence-electron chi connectivity index (χ3n) is 4.63. The molecule has 3 aromatic heterocycles. The minimum Gasteiger partial charge on any atom is -0.408 e. The van der Waals surface area contributed by atoms with Crippen molar-refractivity contribution in [2.75, 3.05) is 0 Å². The van der Waals surface area contributed by atoms with Crippen molar-refractivity contribution in [2.45, 2.75) is 6.54 Å². The summed E-state index contributed by atoms with van der Waals surface area (Å²) in [4.78, 5) is 19.8. The van der Waals surface area contributed by atoms with Crippen molar-refractivity contribution in [3.8, 4) is 11.1 Å². The van der Waals surface area contributed by atoms with Crippen LogP contribution in [0.1, 0.15) is 5.56 Å². The molecule has 5 aromatic rings. The molecular formula is C21H14FN3O2. The van der Waals surface area contributed by atoms with E-state index < -0.39 is 5.76 Å².